The first-order valence-electron chi connectivity index (χ1n) is 7.84. The van der Waals surface area contributed by atoms with Gasteiger partial charge in [0.2, 0.25) is 5.91 Å². The molecule has 0 bridgehead atoms. The van der Waals surface area contributed by atoms with Crippen molar-refractivity contribution in [2.45, 2.75) is 25.7 Å². The monoisotopic (exact) mass is 308 g/mol. The average Bonchev–Trinajstić information content (AvgIpc) is 2.55. The fraction of sp³-hybridized carbons (Fsp3) is 0.421. The van der Waals surface area contributed by atoms with E-state index in [1.807, 2.05) is 50.2 Å². The summed E-state index contributed by atoms with van der Waals surface area (Å²) >= 11 is 0. The number of Topliss-reactive ketones (excluding diaryl/α,β-unsaturated/α-hetero) is 1. The molecular weight excluding hydrogens is 288 g/mol. The molecule has 4 nitrogen and oxygen atoms in total. The number of nitriles is 1. The number of carbonyl (C=O) groups excluding carboxylic acids is 2. The van der Waals surface area contributed by atoms with Crippen LogP contribution in [0.1, 0.15) is 25.8 Å². The molecule has 1 heterocycles. The highest BCUT2D eigenvalue weighted by Crippen LogP contribution is 2.53. The van der Waals surface area contributed by atoms with E-state index in [2.05, 4.69) is 0 Å². The van der Waals surface area contributed by atoms with Crippen molar-refractivity contribution >= 4 is 11.7 Å². The van der Waals surface area contributed by atoms with E-state index < -0.39 is 10.8 Å². The Bertz CT molecular complexity index is 742. The molecule has 2 atom stereocenters. The topological polar surface area (TPSA) is 61.2 Å². The van der Waals surface area contributed by atoms with Crippen molar-refractivity contribution in [3.63, 3.8) is 0 Å². The summed E-state index contributed by atoms with van der Waals surface area (Å²) in [6, 6.07) is 11.5. The van der Waals surface area contributed by atoms with Crippen molar-refractivity contribution in [3.05, 3.63) is 47.5 Å². The number of likely N-dealkylation sites (N-methyl/N-ethyl adjacent to an activating group) is 1. The van der Waals surface area contributed by atoms with E-state index in [-0.39, 0.29) is 23.2 Å². The molecule has 0 saturated carbocycles. The molecule has 0 radical (unpaired) electrons. The van der Waals surface area contributed by atoms with Gasteiger partial charge in [-0.15, -0.1) is 0 Å². The Hall–Kier alpha value is -2.41. The van der Waals surface area contributed by atoms with Crippen molar-refractivity contribution in [2.75, 3.05) is 13.6 Å². The molecule has 118 valence electrons. The van der Waals surface area contributed by atoms with Crippen molar-refractivity contribution in [1.82, 2.24) is 4.90 Å². The first-order chi connectivity index (χ1) is 10.9. The van der Waals surface area contributed by atoms with Gasteiger partial charge < -0.3 is 4.90 Å². The highest BCUT2D eigenvalue weighted by Gasteiger charge is 2.60. The van der Waals surface area contributed by atoms with Crippen LogP contribution in [0.5, 0.6) is 0 Å². The summed E-state index contributed by atoms with van der Waals surface area (Å²) < 4.78 is 0. The van der Waals surface area contributed by atoms with Crippen LogP contribution in [0, 0.1) is 22.7 Å². The van der Waals surface area contributed by atoms with Crippen LogP contribution in [0.3, 0.4) is 0 Å². The third-order valence-electron chi connectivity index (χ3n) is 5.45. The number of allylic oxidation sites excluding steroid dienone is 1. The maximum atomic E-state index is 13.2. The van der Waals surface area contributed by atoms with Gasteiger partial charge in [0, 0.05) is 19.0 Å². The molecule has 4 heteroatoms. The molecule has 0 spiro atoms. The maximum absolute atomic E-state index is 13.2. The van der Waals surface area contributed by atoms with Gasteiger partial charge in [-0.1, -0.05) is 44.2 Å². The Labute approximate surface area is 136 Å². The average molecular weight is 308 g/mol. The van der Waals surface area contributed by atoms with Crippen molar-refractivity contribution in [3.8, 4) is 6.07 Å². The number of hydrogen-bond acceptors (Lipinski definition) is 3. The molecule has 0 aromatic heterocycles. The van der Waals surface area contributed by atoms with E-state index in [0.717, 1.165) is 12.0 Å². The number of carbonyl (C=O) groups is 2. The van der Waals surface area contributed by atoms with E-state index in [1.165, 1.54) is 0 Å². The smallest absolute Gasteiger partial charge is 0.237 e. The Balaban J connectivity index is 2.35. The molecule has 1 fully saturated rings. The zero-order valence-electron chi connectivity index (χ0n) is 13.7. The molecule has 1 aliphatic carbocycles. The molecule has 3 rings (SSSR count). The van der Waals surface area contributed by atoms with Gasteiger partial charge in [0.1, 0.15) is 6.07 Å². The minimum Gasteiger partial charge on any atom is -0.345 e. The molecule has 1 aliphatic heterocycles. The SMILES string of the molecule is CN1CC[C@H]2C(C)(C)C(=O)C(C#N)=C[C@]2(c2ccccc2)C1=O. The summed E-state index contributed by atoms with van der Waals surface area (Å²) in [6.07, 6.45) is 2.36. The Morgan fingerprint density at radius 1 is 1.22 bits per heavy atom. The first-order valence-corrected chi connectivity index (χ1v) is 7.84. The van der Waals surface area contributed by atoms with Crippen LogP contribution in [0.2, 0.25) is 0 Å². The highest BCUT2D eigenvalue weighted by molar-refractivity contribution is 6.08. The van der Waals surface area contributed by atoms with Crippen molar-refractivity contribution < 1.29 is 9.59 Å². The lowest BCUT2D eigenvalue weighted by atomic mass is 9.52. The van der Waals surface area contributed by atoms with Crippen LogP contribution >= 0.6 is 0 Å². The molecule has 0 unspecified atom stereocenters. The third kappa shape index (κ3) is 1.96. The molecule has 23 heavy (non-hydrogen) atoms. The fourth-order valence-electron chi connectivity index (χ4n) is 4.21. The van der Waals surface area contributed by atoms with Crippen LogP contribution in [0.25, 0.3) is 0 Å². The standard InChI is InChI=1S/C19H20N2O2/c1-18(2)15-9-10-21(3)17(23)19(15,11-13(12-20)16(18)22)14-7-5-4-6-8-14/h4-8,11,15H,9-10H2,1-3H3/t15-,19+/m0/s1. The Kier molecular flexibility index (Phi) is 3.40. The number of amides is 1. The van der Waals surface area contributed by atoms with Crippen LogP contribution in [0.4, 0.5) is 0 Å². The van der Waals surface area contributed by atoms with E-state index in [1.54, 1.807) is 18.0 Å². The lowest BCUT2D eigenvalue weighted by molar-refractivity contribution is -0.147. The van der Waals surface area contributed by atoms with Crippen LogP contribution in [-0.4, -0.2) is 30.2 Å². The predicted octanol–water partition coefficient (Wildman–Crippen LogP) is 2.46. The second-order valence-electron chi connectivity index (χ2n) is 7.02. The second kappa shape index (κ2) is 5.06. The molecule has 0 N–H and O–H groups in total. The van der Waals surface area contributed by atoms with Crippen LogP contribution in [0.15, 0.2) is 42.0 Å². The molecule has 1 aromatic rings. The highest BCUT2D eigenvalue weighted by atomic mass is 16.2. The number of ketones is 1. The van der Waals surface area contributed by atoms with E-state index >= 15 is 0 Å². The van der Waals surface area contributed by atoms with Gasteiger partial charge in [0.25, 0.3) is 0 Å². The summed E-state index contributed by atoms with van der Waals surface area (Å²) in [5.41, 5.74) is -0.725. The van der Waals surface area contributed by atoms with Gasteiger partial charge >= 0.3 is 0 Å². The van der Waals surface area contributed by atoms with Gasteiger partial charge in [-0.25, -0.2) is 0 Å². The number of piperidine rings is 1. The molecule has 1 saturated heterocycles. The van der Waals surface area contributed by atoms with E-state index in [4.69, 9.17) is 0 Å². The molecule has 1 aromatic carbocycles. The van der Waals surface area contributed by atoms with Crippen molar-refractivity contribution in [1.29, 1.82) is 5.26 Å². The molecular formula is C19H20N2O2. The maximum Gasteiger partial charge on any atom is 0.237 e. The van der Waals surface area contributed by atoms with Gasteiger partial charge in [0.05, 0.1) is 11.0 Å². The van der Waals surface area contributed by atoms with Crippen LogP contribution in [-0.2, 0) is 15.0 Å². The minimum absolute atomic E-state index is 0.0340. The predicted molar refractivity (Wildman–Crippen MR) is 86.3 cm³/mol. The third-order valence-corrected chi connectivity index (χ3v) is 5.45. The number of fused-ring (bicyclic) bond motifs is 1. The number of nitrogens with zero attached hydrogens (tertiary/aromatic N) is 2. The van der Waals surface area contributed by atoms with E-state index in [0.29, 0.717) is 6.54 Å². The zero-order chi connectivity index (χ0) is 16.8. The Morgan fingerprint density at radius 2 is 1.87 bits per heavy atom. The number of benzene rings is 1. The summed E-state index contributed by atoms with van der Waals surface area (Å²) in [7, 11) is 1.78. The summed E-state index contributed by atoms with van der Waals surface area (Å²) in [5.74, 6) is -0.340. The normalized spacial score (nSPS) is 29.6. The molecule has 1 amide bonds. The fourth-order valence-corrected chi connectivity index (χ4v) is 4.21. The lowest BCUT2D eigenvalue weighted by Gasteiger charge is -2.52. The summed E-state index contributed by atoms with van der Waals surface area (Å²) in [4.78, 5) is 27.6. The zero-order valence-corrected chi connectivity index (χ0v) is 13.7. The second-order valence-corrected chi connectivity index (χ2v) is 7.02. The number of likely N-dealkylation sites (tertiary alicyclic amines) is 1. The minimum atomic E-state index is -0.934. The summed E-state index contributed by atoms with van der Waals surface area (Å²) in [6.45, 7) is 4.35. The summed E-state index contributed by atoms with van der Waals surface area (Å²) in [5, 5.41) is 9.43. The lowest BCUT2D eigenvalue weighted by Crippen LogP contribution is -2.61. The number of hydrogen-bond donors (Lipinski definition) is 0. The van der Waals surface area contributed by atoms with Gasteiger partial charge in [-0.2, -0.15) is 5.26 Å². The largest absolute Gasteiger partial charge is 0.345 e. The quantitative estimate of drug-likeness (QED) is 0.800. The number of rotatable bonds is 1. The first kappa shape index (κ1) is 15.5. The molecule has 2 aliphatic rings. The van der Waals surface area contributed by atoms with Gasteiger partial charge in [0.15, 0.2) is 5.78 Å². The van der Waals surface area contributed by atoms with Crippen LogP contribution < -0.4 is 0 Å². The van der Waals surface area contributed by atoms with Crippen molar-refractivity contribution in [2.24, 2.45) is 11.3 Å². The van der Waals surface area contributed by atoms with E-state index in [9.17, 15) is 14.9 Å². The van der Waals surface area contributed by atoms with Gasteiger partial charge in [-0.05, 0) is 24.0 Å². The van der Waals surface area contributed by atoms with Gasteiger partial charge in [-0.3, -0.25) is 9.59 Å². The Morgan fingerprint density at radius 3 is 2.48 bits per heavy atom.